The molecule has 0 aliphatic carbocycles. The molecule has 13 nitrogen and oxygen atoms in total. The molecule has 4 unspecified atom stereocenters. The van der Waals surface area contributed by atoms with Crippen molar-refractivity contribution in [3.05, 3.63) is 33.2 Å². The van der Waals surface area contributed by atoms with Crippen molar-refractivity contribution in [3.63, 3.8) is 0 Å². The summed E-state index contributed by atoms with van der Waals surface area (Å²) >= 11 is 0. The van der Waals surface area contributed by atoms with E-state index in [1.807, 2.05) is 0 Å². The third kappa shape index (κ3) is 6.15. The number of aliphatic hydroxyl groups is 3. The Kier molecular flexibility index (Phi) is 9.21. The molecule has 2 rings (SSSR count). The average Bonchev–Trinajstić information content (AvgIpc) is 2.99. The van der Waals surface area contributed by atoms with E-state index in [0.717, 1.165) is 36.7 Å². The number of carbonyl (C=O) groups excluding carboxylic acids is 1. The van der Waals surface area contributed by atoms with Crippen molar-refractivity contribution in [2.45, 2.75) is 69.6 Å². The predicted octanol–water partition coefficient (Wildman–Crippen LogP) is 1.40. The summed E-state index contributed by atoms with van der Waals surface area (Å²) < 4.78 is 11.2. The first-order chi connectivity index (χ1) is 14.9. The Labute approximate surface area is 178 Å². The topological polar surface area (TPSA) is 192 Å². The number of amides is 1. The van der Waals surface area contributed by atoms with Crippen LogP contribution in [0.2, 0.25) is 0 Å². The monoisotopic (exact) mass is 440 g/mol. The van der Waals surface area contributed by atoms with Crippen LogP contribution in [-0.4, -0.2) is 62.1 Å². The SMILES string of the molecule is CCCCCCCCOC(=O)Nc1ccn(C2OC(CO)(N=[N+]=[N-])C(O)C2O)c(=O)n1. The normalized spacial score (nSPS) is 25.1. The molecule has 1 saturated heterocycles. The molecular formula is C18H28N6O7. The summed E-state index contributed by atoms with van der Waals surface area (Å²) in [7, 11) is 0. The summed E-state index contributed by atoms with van der Waals surface area (Å²) in [5.41, 5.74) is 5.57. The lowest BCUT2D eigenvalue weighted by Gasteiger charge is -2.23. The van der Waals surface area contributed by atoms with Crippen molar-refractivity contribution < 1.29 is 29.6 Å². The van der Waals surface area contributed by atoms with Crippen LogP contribution in [0, 0.1) is 0 Å². The zero-order valence-corrected chi connectivity index (χ0v) is 17.3. The van der Waals surface area contributed by atoms with Crippen molar-refractivity contribution in [1.82, 2.24) is 9.55 Å². The lowest BCUT2D eigenvalue weighted by atomic mass is 10.1. The molecule has 2 heterocycles. The largest absolute Gasteiger partial charge is 0.449 e. The summed E-state index contributed by atoms with van der Waals surface area (Å²) in [5.74, 6) is -0.0781. The van der Waals surface area contributed by atoms with Gasteiger partial charge in [-0.1, -0.05) is 44.1 Å². The number of nitrogens with zero attached hydrogens (tertiary/aromatic N) is 5. The van der Waals surface area contributed by atoms with Gasteiger partial charge in [0.2, 0.25) is 5.72 Å². The van der Waals surface area contributed by atoms with Crippen LogP contribution in [0.1, 0.15) is 51.7 Å². The van der Waals surface area contributed by atoms with Crippen LogP contribution in [0.15, 0.2) is 22.2 Å². The van der Waals surface area contributed by atoms with Crippen LogP contribution in [0.5, 0.6) is 0 Å². The molecule has 1 fully saturated rings. The summed E-state index contributed by atoms with van der Waals surface area (Å²) in [5, 5.41) is 35.3. The van der Waals surface area contributed by atoms with E-state index in [4.69, 9.17) is 15.0 Å². The van der Waals surface area contributed by atoms with Crippen LogP contribution in [-0.2, 0) is 9.47 Å². The Hall–Kier alpha value is -2.70. The number of azide groups is 1. The van der Waals surface area contributed by atoms with Gasteiger partial charge in [0.15, 0.2) is 6.23 Å². The minimum atomic E-state index is -2.14. The maximum absolute atomic E-state index is 12.3. The maximum Gasteiger partial charge on any atom is 0.412 e. The second-order valence-electron chi connectivity index (χ2n) is 7.17. The van der Waals surface area contributed by atoms with Gasteiger partial charge in [-0.05, 0) is 18.0 Å². The molecule has 1 amide bonds. The number of rotatable bonds is 11. The Balaban J connectivity index is 1.94. The number of carbonyl (C=O) groups is 1. The van der Waals surface area contributed by atoms with Gasteiger partial charge >= 0.3 is 11.8 Å². The van der Waals surface area contributed by atoms with Crippen LogP contribution >= 0.6 is 0 Å². The van der Waals surface area contributed by atoms with Gasteiger partial charge in [-0.15, -0.1) is 0 Å². The van der Waals surface area contributed by atoms with E-state index in [1.165, 1.54) is 18.7 Å². The van der Waals surface area contributed by atoms with Crippen molar-refractivity contribution in [3.8, 4) is 0 Å². The Morgan fingerprint density at radius 3 is 2.74 bits per heavy atom. The molecule has 0 radical (unpaired) electrons. The minimum absolute atomic E-state index is 0.0781. The zero-order valence-electron chi connectivity index (χ0n) is 17.3. The van der Waals surface area contributed by atoms with E-state index in [0.29, 0.717) is 0 Å². The molecule has 0 aromatic carbocycles. The minimum Gasteiger partial charge on any atom is -0.449 e. The van der Waals surface area contributed by atoms with Crippen LogP contribution in [0.4, 0.5) is 10.6 Å². The molecule has 1 aromatic heterocycles. The van der Waals surface area contributed by atoms with Crippen LogP contribution < -0.4 is 11.0 Å². The van der Waals surface area contributed by atoms with Crippen molar-refractivity contribution in [1.29, 1.82) is 0 Å². The summed E-state index contributed by atoms with van der Waals surface area (Å²) in [4.78, 5) is 30.3. The van der Waals surface area contributed by atoms with Gasteiger partial charge in [-0.25, -0.2) is 9.59 Å². The molecule has 1 aromatic rings. The van der Waals surface area contributed by atoms with Gasteiger partial charge in [-0.2, -0.15) is 4.98 Å². The van der Waals surface area contributed by atoms with E-state index in [9.17, 15) is 24.9 Å². The number of aromatic nitrogens is 2. The highest BCUT2D eigenvalue weighted by molar-refractivity contribution is 5.83. The molecule has 13 heteroatoms. The second kappa shape index (κ2) is 11.6. The summed E-state index contributed by atoms with van der Waals surface area (Å²) in [6, 6.07) is 1.27. The summed E-state index contributed by atoms with van der Waals surface area (Å²) in [6.07, 6.45) is 1.77. The van der Waals surface area contributed by atoms with Crippen LogP contribution in [0.3, 0.4) is 0 Å². The van der Waals surface area contributed by atoms with E-state index in [2.05, 4.69) is 27.3 Å². The van der Waals surface area contributed by atoms with Crippen molar-refractivity contribution in [2.75, 3.05) is 18.5 Å². The molecular weight excluding hydrogens is 412 g/mol. The van der Waals surface area contributed by atoms with Crippen molar-refractivity contribution in [2.24, 2.45) is 5.11 Å². The van der Waals surface area contributed by atoms with Gasteiger partial charge < -0.3 is 24.8 Å². The van der Waals surface area contributed by atoms with Gasteiger partial charge in [0.05, 0.1) is 13.2 Å². The first-order valence-electron chi connectivity index (χ1n) is 10.1. The molecule has 1 aliphatic rings. The van der Waals surface area contributed by atoms with Gasteiger partial charge in [-0.3, -0.25) is 9.88 Å². The predicted molar refractivity (Wildman–Crippen MR) is 108 cm³/mol. The smallest absolute Gasteiger partial charge is 0.412 e. The molecule has 0 bridgehead atoms. The summed E-state index contributed by atoms with van der Waals surface area (Å²) in [6.45, 7) is 1.47. The van der Waals surface area contributed by atoms with E-state index in [-0.39, 0.29) is 12.4 Å². The van der Waals surface area contributed by atoms with E-state index in [1.54, 1.807) is 0 Å². The Morgan fingerprint density at radius 1 is 1.39 bits per heavy atom. The Bertz CT molecular complexity index is 843. The van der Waals surface area contributed by atoms with Gasteiger partial charge in [0, 0.05) is 11.1 Å². The second-order valence-corrected chi connectivity index (χ2v) is 7.17. The zero-order chi connectivity index (χ0) is 22.9. The van der Waals surface area contributed by atoms with E-state index < -0.39 is 42.6 Å². The van der Waals surface area contributed by atoms with Crippen LogP contribution in [0.25, 0.3) is 10.4 Å². The number of aliphatic hydroxyl groups excluding tert-OH is 3. The van der Waals surface area contributed by atoms with Gasteiger partial charge in [0.25, 0.3) is 0 Å². The highest BCUT2D eigenvalue weighted by Crippen LogP contribution is 2.37. The third-order valence-electron chi connectivity index (χ3n) is 4.91. The van der Waals surface area contributed by atoms with Gasteiger partial charge in [0.1, 0.15) is 18.0 Å². The Morgan fingerprint density at radius 2 is 2.10 bits per heavy atom. The number of hydrogen-bond donors (Lipinski definition) is 4. The first-order valence-corrected chi connectivity index (χ1v) is 10.1. The number of unbranched alkanes of at least 4 members (excludes halogenated alkanes) is 5. The lowest BCUT2D eigenvalue weighted by Crippen LogP contribution is -2.44. The molecule has 4 N–H and O–H groups in total. The highest BCUT2D eigenvalue weighted by atomic mass is 16.6. The number of hydrogen-bond acceptors (Lipinski definition) is 9. The number of anilines is 1. The highest BCUT2D eigenvalue weighted by Gasteiger charge is 2.54. The molecule has 1 aliphatic heterocycles. The first kappa shape index (κ1) is 24.6. The molecule has 172 valence electrons. The lowest BCUT2D eigenvalue weighted by molar-refractivity contribution is -0.125. The number of nitrogens with one attached hydrogen (secondary N) is 1. The standard InChI is InChI=1S/C18H28N6O7/c1-2-3-4-5-6-7-10-30-17(29)21-12-8-9-24(16(28)20-12)15-13(26)14(27)18(11-25,31-15)22-23-19/h8-9,13-15,25-27H,2-7,10-11H2,1H3,(H,20,21,28,29). The van der Waals surface area contributed by atoms with E-state index >= 15 is 0 Å². The van der Waals surface area contributed by atoms with Crippen molar-refractivity contribution >= 4 is 11.9 Å². The third-order valence-corrected chi connectivity index (χ3v) is 4.91. The molecule has 4 atom stereocenters. The average molecular weight is 440 g/mol. The molecule has 0 spiro atoms. The fraction of sp³-hybridized carbons (Fsp3) is 0.722. The fourth-order valence-electron chi connectivity index (χ4n) is 3.18. The molecule has 31 heavy (non-hydrogen) atoms. The maximum atomic E-state index is 12.3. The number of ether oxygens (including phenoxy) is 2. The fourth-order valence-corrected chi connectivity index (χ4v) is 3.18. The quantitative estimate of drug-likeness (QED) is 0.172. The molecule has 0 saturated carbocycles.